The van der Waals surface area contributed by atoms with Crippen molar-refractivity contribution in [1.82, 2.24) is 0 Å². The number of rotatable bonds is 3. The first-order chi connectivity index (χ1) is 7.72. The van der Waals surface area contributed by atoms with Gasteiger partial charge in [0.15, 0.2) is 0 Å². The zero-order chi connectivity index (χ0) is 11.5. The molecule has 0 atom stereocenters. The van der Waals surface area contributed by atoms with Gasteiger partial charge in [0.25, 0.3) is 0 Å². The van der Waals surface area contributed by atoms with Crippen LogP contribution in [0.3, 0.4) is 0 Å². The van der Waals surface area contributed by atoms with E-state index in [-0.39, 0.29) is 5.75 Å². The predicted octanol–water partition coefficient (Wildman–Crippen LogP) is 3.35. The third kappa shape index (κ3) is 2.03. The number of benzene rings is 1. The molecule has 1 aliphatic rings. The van der Waals surface area contributed by atoms with Crippen molar-refractivity contribution in [3.63, 3.8) is 0 Å². The molecule has 1 aromatic rings. The van der Waals surface area contributed by atoms with E-state index in [1.807, 2.05) is 13.1 Å². The van der Waals surface area contributed by atoms with Gasteiger partial charge >= 0.3 is 0 Å². The molecule has 0 aliphatic heterocycles. The van der Waals surface area contributed by atoms with E-state index in [1.54, 1.807) is 12.1 Å². The summed E-state index contributed by atoms with van der Waals surface area (Å²) in [5.41, 5.74) is 8.57. The Kier molecular flexibility index (Phi) is 3.13. The van der Waals surface area contributed by atoms with Crippen molar-refractivity contribution in [1.29, 1.82) is 0 Å². The number of hydrogen-bond donors (Lipinski definition) is 2. The molecule has 0 unspecified atom stereocenters. The van der Waals surface area contributed by atoms with Crippen LogP contribution >= 0.6 is 0 Å². The van der Waals surface area contributed by atoms with Gasteiger partial charge in [-0.15, -0.1) is 0 Å². The van der Waals surface area contributed by atoms with Gasteiger partial charge in [0.1, 0.15) is 5.75 Å². The third-order valence-corrected chi connectivity index (χ3v) is 3.13. The molecule has 1 aliphatic carbocycles. The van der Waals surface area contributed by atoms with E-state index in [0.29, 0.717) is 11.6 Å². The normalized spacial score (nSPS) is 16.6. The van der Waals surface area contributed by atoms with Crippen LogP contribution in [0.15, 0.2) is 17.1 Å². The molecule has 1 aromatic carbocycles. The third-order valence-electron chi connectivity index (χ3n) is 3.13. The summed E-state index contributed by atoms with van der Waals surface area (Å²) in [4.78, 5) is 4.28. The maximum Gasteiger partial charge on any atom is 0.118 e. The SMILES string of the molecule is CC/C=N\c1cc(O)cc(C2CCC2)c1N. The lowest BCUT2D eigenvalue weighted by atomic mass is 9.79. The van der Waals surface area contributed by atoms with Crippen LogP contribution in [0.4, 0.5) is 11.4 Å². The van der Waals surface area contributed by atoms with Crippen molar-refractivity contribution in [3.05, 3.63) is 17.7 Å². The van der Waals surface area contributed by atoms with Gasteiger partial charge in [-0.05, 0) is 36.8 Å². The molecule has 86 valence electrons. The quantitative estimate of drug-likeness (QED) is 0.464. The topological polar surface area (TPSA) is 58.6 Å². The van der Waals surface area contributed by atoms with E-state index in [1.165, 1.54) is 19.3 Å². The molecular weight excluding hydrogens is 200 g/mol. The maximum atomic E-state index is 9.66. The van der Waals surface area contributed by atoms with Gasteiger partial charge < -0.3 is 10.8 Å². The lowest BCUT2D eigenvalue weighted by Crippen LogP contribution is -2.11. The fourth-order valence-corrected chi connectivity index (χ4v) is 2.00. The molecule has 0 saturated heterocycles. The zero-order valence-corrected chi connectivity index (χ0v) is 9.61. The Hall–Kier alpha value is -1.51. The highest BCUT2D eigenvalue weighted by atomic mass is 16.3. The van der Waals surface area contributed by atoms with Crippen molar-refractivity contribution in [2.45, 2.75) is 38.5 Å². The summed E-state index contributed by atoms with van der Waals surface area (Å²) in [5, 5.41) is 9.66. The van der Waals surface area contributed by atoms with Gasteiger partial charge in [-0.1, -0.05) is 13.3 Å². The number of aliphatic imine (C=N–C) groups is 1. The molecular formula is C13H18N2O. The molecule has 0 spiro atoms. The molecule has 0 heterocycles. The van der Waals surface area contributed by atoms with E-state index in [2.05, 4.69) is 4.99 Å². The van der Waals surface area contributed by atoms with Crippen LogP contribution in [0, 0.1) is 0 Å². The molecule has 3 heteroatoms. The van der Waals surface area contributed by atoms with Crippen molar-refractivity contribution >= 4 is 17.6 Å². The van der Waals surface area contributed by atoms with Crippen LogP contribution in [-0.4, -0.2) is 11.3 Å². The molecule has 1 saturated carbocycles. The van der Waals surface area contributed by atoms with Crippen LogP contribution in [0.25, 0.3) is 0 Å². The average Bonchev–Trinajstić information content (AvgIpc) is 2.18. The molecule has 0 radical (unpaired) electrons. The fourth-order valence-electron chi connectivity index (χ4n) is 2.00. The number of anilines is 1. The molecule has 2 rings (SSSR count). The second-order valence-corrected chi connectivity index (χ2v) is 4.32. The van der Waals surface area contributed by atoms with Gasteiger partial charge in [-0.2, -0.15) is 0 Å². The lowest BCUT2D eigenvalue weighted by Gasteiger charge is -2.27. The standard InChI is InChI=1S/C13H18N2O/c1-2-6-15-12-8-10(16)7-11(13(12)14)9-4-3-5-9/h6-9,16H,2-5,14H2,1H3/b15-6-. The molecule has 0 bridgehead atoms. The summed E-state index contributed by atoms with van der Waals surface area (Å²) < 4.78 is 0. The Labute approximate surface area is 96.0 Å². The number of phenols is 1. The number of hydrogen-bond acceptors (Lipinski definition) is 3. The Bertz CT molecular complexity index is 409. The second kappa shape index (κ2) is 4.56. The van der Waals surface area contributed by atoms with Crippen molar-refractivity contribution in [3.8, 4) is 5.75 Å². The zero-order valence-electron chi connectivity index (χ0n) is 9.61. The van der Waals surface area contributed by atoms with E-state index in [0.717, 1.165) is 17.7 Å². The first-order valence-corrected chi connectivity index (χ1v) is 5.87. The Morgan fingerprint density at radius 2 is 2.25 bits per heavy atom. The van der Waals surface area contributed by atoms with E-state index < -0.39 is 0 Å². The van der Waals surface area contributed by atoms with Crippen LogP contribution in [0.1, 0.15) is 44.1 Å². The maximum absolute atomic E-state index is 9.66. The minimum atomic E-state index is 0.263. The molecule has 0 aromatic heterocycles. The second-order valence-electron chi connectivity index (χ2n) is 4.32. The summed E-state index contributed by atoms with van der Waals surface area (Å²) in [5.74, 6) is 0.780. The summed E-state index contributed by atoms with van der Waals surface area (Å²) in [7, 11) is 0. The van der Waals surface area contributed by atoms with Crippen LogP contribution in [0.2, 0.25) is 0 Å². The minimum absolute atomic E-state index is 0.263. The number of aromatic hydroxyl groups is 1. The highest BCUT2D eigenvalue weighted by molar-refractivity contribution is 5.75. The summed E-state index contributed by atoms with van der Waals surface area (Å²) in [6.07, 6.45) is 6.28. The predicted molar refractivity (Wildman–Crippen MR) is 67.6 cm³/mol. The minimum Gasteiger partial charge on any atom is -0.508 e. The van der Waals surface area contributed by atoms with E-state index in [9.17, 15) is 5.11 Å². The largest absolute Gasteiger partial charge is 0.508 e. The summed E-state index contributed by atoms with van der Waals surface area (Å²) in [6, 6.07) is 3.41. The molecule has 3 nitrogen and oxygen atoms in total. The Morgan fingerprint density at radius 1 is 1.50 bits per heavy atom. The Morgan fingerprint density at radius 3 is 2.81 bits per heavy atom. The Balaban J connectivity index is 2.37. The smallest absolute Gasteiger partial charge is 0.118 e. The summed E-state index contributed by atoms with van der Waals surface area (Å²) in [6.45, 7) is 2.02. The van der Waals surface area contributed by atoms with Gasteiger partial charge in [-0.3, -0.25) is 4.99 Å². The van der Waals surface area contributed by atoms with E-state index in [4.69, 9.17) is 5.73 Å². The van der Waals surface area contributed by atoms with Crippen molar-refractivity contribution in [2.24, 2.45) is 4.99 Å². The highest BCUT2D eigenvalue weighted by Crippen LogP contribution is 2.43. The van der Waals surface area contributed by atoms with Crippen molar-refractivity contribution < 1.29 is 5.11 Å². The number of phenolic OH excluding ortho intramolecular Hbond substituents is 1. The van der Waals surface area contributed by atoms with Crippen molar-refractivity contribution in [2.75, 3.05) is 5.73 Å². The molecule has 0 amide bonds. The number of nitrogens with two attached hydrogens (primary N) is 1. The van der Waals surface area contributed by atoms with Crippen LogP contribution < -0.4 is 5.73 Å². The van der Waals surface area contributed by atoms with Gasteiger partial charge in [0.2, 0.25) is 0 Å². The average molecular weight is 218 g/mol. The first kappa shape index (κ1) is 11.0. The van der Waals surface area contributed by atoms with Gasteiger partial charge in [-0.25, -0.2) is 0 Å². The molecule has 3 N–H and O–H groups in total. The van der Waals surface area contributed by atoms with Crippen LogP contribution in [-0.2, 0) is 0 Å². The first-order valence-electron chi connectivity index (χ1n) is 5.87. The van der Waals surface area contributed by atoms with E-state index >= 15 is 0 Å². The van der Waals surface area contributed by atoms with Crippen LogP contribution in [0.5, 0.6) is 5.75 Å². The molecule has 16 heavy (non-hydrogen) atoms. The summed E-state index contributed by atoms with van der Waals surface area (Å²) >= 11 is 0. The fraction of sp³-hybridized carbons (Fsp3) is 0.462. The van der Waals surface area contributed by atoms with Gasteiger partial charge in [0, 0.05) is 12.3 Å². The number of nitrogen functional groups attached to an aromatic ring is 1. The number of nitrogens with zero attached hydrogens (tertiary/aromatic N) is 1. The lowest BCUT2D eigenvalue weighted by molar-refractivity contribution is 0.417. The highest BCUT2D eigenvalue weighted by Gasteiger charge is 2.23. The van der Waals surface area contributed by atoms with Gasteiger partial charge in [0.05, 0.1) is 11.4 Å². The molecule has 1 fully saturated rings. The monoisotopic (exact) mass is 218 g/mol.